The molecule has 3 aromatic heterocycles. The van der Waals surface area contributed by atoms with Gasteiger partial charge < -0.3 is 27.6 Å². The summed E-state index contributed by atoms with van der Waals surface area (Å²) in [6, 6.07) is 14.2. The van der Waals surface area contributed by atoms with E-state index >= 15 is 0 Å². The normalized spacial score (nSPS) is 11.1. The predicted molar refractivity (Wildman–Crippen MR) is 128 cm³/mol. The number of benzene rings is 2. The van der Waals surface area contributed by atoms with Crippen LogP contribution in [0.3, 0.4) is 0 Å². The molecule has 0 aliphatic heterocycles. The van der Waals surface area contributed by atoms with Crippen LogP contribution in [0.4, 0.5) is 0 Å². The molecule has 5 rings (SSSR count). The molecule has 0 aliphatic carbocycles. The zero-order valence-electron chi connectivity index (χ0n) is 19.2. The van der Waals surface area contributed by atoms with Gasteiger partial charge in [0, 0.05) is 41.0 Å². The number of rotatable bonds is 7. The van der Waals surface area contributed by atoms with E-state index in [0.29, 0.717) is 39.3 Å². The molecular weight excluding hydrogens is 470 g/mol. The summed E-state index contributed by atoms with van der Waals surface area (Å²) in [6.45, 7) is 0. The molecule has 0 spiro atoms. The first-order valence-corrected chi connectivity index (χ1v) is 10.8. The zero-order chi connectivity index (χ0) is 25.2. The van der Waals surface area contributed by atoms with Gasteiger partial charge in [0.2, 0.25) is 0 Å². The minimum atomic E-state index is -0.676. The van der Waals surface area contributed by atoms with Gasteiger partial charge in [0.05, 0.1) is 26.2 Å². The van der Waals surface area contributed by atoms with Crippen molar-refractivity contribution >= 4 is 27.9 Å². The molecule has 10 heteroatoms. The lowest BCUT2D eigenvalue weighted by Crippen LogP contribution is -2.09. The zero-order valence-corrected chi connectivity index (χ0v) is 19.2. The monoisotopic (exact) mass is 489 g/mol. The smallest absolute Gasteiger partial charge is 0.344 e. The summed E-state index contributed by atoms with van der Waals surface area (Å²) in [6.07, 6.45) is 0.298. The first kappa shape index (κ1) is 22.9. The van der Waals surface area contributed by atoms with E-state index in [4.69, 9.17) is 27.6 Å². The molecule has 3 heterocycles. The molecule has 0 radical (unpaired) electrons. The topological polar surface area (TPSA) is 131 Å². The van der Waals surface area contributed by atoms with Gasteiger partial charge in [-0.25, -0.2) is 9.59 Å². The Balaban J connectivity index is 1.45. The van der Waals surface area contributed by atoms with Gasteiger partial charge >= 0.3 is 17.2 Å². The lowest BCUT2D eigenvalue weighted by atomic mass is 10.0. The molecule has 2 aromatic carbocycles. The maximum absolute atomic E-state index is 12.8. The fourth-order valence-corrected chi connectivity index (χ4v) is 3.81. The molecule has 0 fully saturated rings. The van der Waals surface area contributed by atoms with Crippen LogP contribution < -0.4 is 25.5 Å². The van der Waals surface area contributed by atoms with Crippen molar-refractivity contribution in [1.29, 1.82) is 0 Å². The van der Waals surface area contributed by atoms with Crippen LogP contribution >= 0.6 is 0 Å². The van der Waals surface area contributed by atoms with Crippen molar-refractivity contribution in [2.45, 2.75) is 12.8 Å². The highest BCUT2D eigenvalue weighted by atomic mass is 16.5. The van der Waals surface area contributed by atoms with E-state index in [-0.39, 0.29) is 29.7 Å². The first-order valence-electron chi connectivity index (χ1n) is 10.8. The van der Waals surface area contributed by atoms with Crippen molar-refractivity contribution in [1.82, 2.24) is 5.16 Å². The van der Waals surface area contributed by atoms with Crippen molar-refractivity contribution < 1.29 is 32.4 Å². The second-order valence-corrected chi connectivity index (χ2v) is 7.77. The van der Waals surface area contributed by atoms with Crippen LogP contribution in [-0.4, -0.2) is 25.3 Å². The van der Waals surface area contributed by atoms with Crippen LogP contribution in [0.2, 0.25) is 0 Å². The number of aromatic nitrogens is 1. The van der Waals surface area contributed by atoms with Gasteiger partial charge in [0.15, 0.2) is 11.3 Å². The third-order valence-electron chi connectivity index (χ3n) is 5.50. The number of aryl methyl sites for hydroxylation is 1. The second-order valence-electron chi connectivity index (χ2n) is 7.77. The standard InChI is InChI=1S/C26H19NO9/c1-31-20-5-3-4-14-10-19(26(30)35-25(14)20)18-13-24(29)34-21-11-15(6-8-17(18)21)33-23(28)9-7-16-12-22(32-2)27-36-16/h3-6,8,10-13H,7,9H2,1-2H3. The Bertz CT molecular complexity index is 1710. The number of esters is 1. The Labute approximate surface area is 202 Å². The lowest BCUT2D eigenvalue weighted by Gasteiger charge is -2.09. The molecule has 0 amide bonds. The quantitative estimate of drug-likeness (QED) is 0.187. The highest BCUT2D eigenvalue weighted by Gasteiger charge is 2.17. The van der Waals surface area contributed by atoms with Crippen molar-refractivity contribution in [2.24, 2.45) is 0 Å². The minimum absolute atomic E-state index is 0.0297. The molecule has 10 nitrogen and oxygen atoms in total. The number of methoxy groups -OCH3 is 2. The lowest BCUT2D eigenvalue weighted by molar-refractivity contribution is -0.134. The van der Waals surface area contributed by atoms with Crippen LogP contribution in [0.1, 0.15) is 12.2 Å². The van der Waals surface area contributed by atoms with Crippen LogP contribution in [0, 0.1) is 0 Å². The summed E-state index contributed by atoms with van der Waals surface area (Å²) >= 11 is 0. The van der Waals surface area contributed by atoms with Gasteiger partial charge in [-0.3, -0.25) is 4.79 Å². The van der Waals surface area contributed by atoms with Crippen LogP contribution in [-0.2, 0) is 11.2 Å². The molecule has 0 aliphatic rings. The van der Waals surface area contributed by atoms with Gasteiger partial charge in [0.25, 0.3) is 5.88 Å². The summed E-state index contributed by atoms with van der Waals surface area (Å²) in [7, 11) is 2.94. The summed E-state index contributed by atoms with van der Waals surface area (Å²) < 4.78 is 31.5. The van der Waals surface area contributed by atoms with Gasteiger partial charge in [-0.15, -0.1) is 0 Å². The average molecular weight is 489 g/mol. The largest absolute Gasteiger partial charge is 0.493 e. The summed E-state index contributed by atoms with van der Waals surface area (Å²) in [5.74, 6) is 0.871. The van der Waals surface area contributed by atoms with Gasteiger partial charge in [-0.2, -0.15) is 0 Å². The van der Waals surface area contributed by atoms with E-state index in [1.165, 1.54) is 26.4 Å². The highest BCUT2D eigenvalue weighted by molar-refractivity contribution is 5.96. The summed E-state index contributed by atoms with van der Waals surface area (Å²) in [5, 5.41) is 4.77. The Morgan fingerprint density at radius 3 is 2.58 bits per heavy atom. The third kappa shape index (κ3) is 4.43. The molecule has 0 saturated heterocycles. The van der Waals surface area contributed by atoms with Crippen molar-refractivity contribution in [3.8, 4) is 28.5 Å². The summed E-state index contributed by atoms with van der Waals surface area (Å²) in [4.78, 5) is 37.5. The van der Waals surface area contributed by atoms with Crippen LogP contribution in [0.5, 0.6) is 17.4 Å². The maximum Gasteiger partial charge on any atom is 0.344 e. The molecule has 36 heavy (non-hydrogen) atoms. The minimum Gasteiger partial charge on any atom is -0.493 e. The number of nitrogens with zero attached hydrogens (tertiary/aromatic N) is 1. The van der Waals surface area contributed by atoms with E-state index in [0.717, 1.165) is 0 Å². The third-order valence-corrected chi connectivity index (χ3v) is 5.50. The molecule has 0 N–H and O–H groups in total. The van der Waals surface area contributed by atoms with Crippen LogP contribution in [0.25, 0.3) is 33.1 Å². The van der Waals surface area contributed by atoms with Crippen molar-refractivity contribution in [3.05, 3.63) is 81.2 Å². The average Bonchev–Trinajstić information content (AvgIpc) is 3.34. The highest BCUT2D eigenvalue weighted by Crippen LogP contribution is 2.32. The molecule has 0 bridgehead atoms. The van der Waals surface area contributed by atoms with E-state index in [1.54, 1.807) is 42.5 Å². The van der Waals surface area contributed by atoms with Crippen LogP contribution in [0.15, 0.2) is 77.5 Å². The van der Waals surface area contributed by atoms with Crippen molar-refractivity contribution in [3.63, 3.8) is 0 Å². The number of ether oxygens (including phenoxy) is 3. The van der Waals surface area contributed by atoms with E-state index in [2.05, 4.69) is 5.16 Å². The summed E-state index contributed by atoms with van der Waals surface area (Å²) in [5.41, 5.74) is -0.353. The van der Waals surface area contributed by atoms with E-state index in [9.17, 15) is 14.4 Å². The Morgan fingerprint density at radius 2 is 1.81 bits per heavy atom. The molecule has 0 atom stereocenters. The van der Waals surface area contributed by atoms with E-state index < -0.39 is 17.2 Å². The maximum atomic E-state index is 12.8. The molecule has 5 aromatic rings. The fourth-order valence-electron chi connectivity index (χ4n) is 3.81. The Hall–Kier alpha value is -4.86. The SMILES string of the molecule is COc1cc(CCC(=O)Oc2ccc3c(-c4cc5cccc(OC)c5oc4=O)cc(=O)oc3c2)on1. The molecule has 0 unspecified atom stereocenters. The van der Waals surface area contributed by atoms with Crippen molar-refractivity contribution in [2.75, 3.05) is 14.2 Å². The Morgan fingerprint density at radius 1 is 0.944 bits per heavy atom. The number of carbonyl (C=O) groups excluding carboxylic acids is 1. The first-order chi connectivity index (χ1) is 17.4. The van der Waals surface area contributed by atoms with Gasteiger partial charge in [-0.05, 0) is 29.4 Å². The number of hydrogen-bond acceptors (Lipinski definition) is 10. The molecule has 0 saturated carbocycles. The van der Waals surface area contributed by atoms with Gasteiger partial charge in [-0.1, -0.05) is 12.1 Å². The number of fused-ring (bicyclic) bond motifs is 2. The number of hydrogen-bond donors (Lipinski definition) is 0. The predicted octanol–water partition coefficient (Wildman–Crippen LogP) is 4.11. The Kier molecular flexibility index (Phi) is 5.99. The molecular formula is C26H19NO9. The molecule has 182 valence electrons. The second kappa shape index (κ2) is 9.41. The van der Waals surface area contributed by atoms with Gasteiger partial charge in [0.1, 0.15) is 17.1 Å². The number of para-hydroxylation sites is 1. The fraction of sp³-hybridized carbons (Fsp3) is 0.154. The van der Waals surface area contributed by atoms with E-state index in [1.807, 2.05) is 0 Å². The number of carbonyl (C=O) groups is 1.